The van der Waals surface area contributed by atoms with Crippen molar-refractivity contribution in [2.45, 2.75) is 36.7 Å². The molecule has 31 heavy (non-hydrogen) atoms. The smallest absolute Gasteiger partial charge is 0.243 e. The first-order valence-corrected chi connectivity index (χ1v) is 13.4. The Morgan fingerprint density at radius 3 is 2.48 bits per heavy atom. The molecule has 0 radical (unpaired) electrons. The molecule has 0 spiro atoms. The van der Waals surface area contributed by atoms with Gasteiger partial charge in [-0.1, -0.05) is 35.9 Å². The molecule has 4 nitrogen and oxygen atoms in total. The number of nitrogens with zero attached hydrogens (tertiary/aromatic N) is 2. The minimum absolute atomic E-state index is 0.360. The van der Waals surface area contributed by atoms with Gasteiger partial charge in [-0.05, 0) is 71.7 Å². The fraction of sp³-hybridized carbons (Fsp3) is 0.333. The number of hydrogen-bond acceptors (Lipinski definition) is 4. The average Bonchev–Trinajstić information content (AvgIpc) is 3.28. The lowest BCUT2D eigenvalue weighted by Crippen LogP contribution is -2.47. The molecule has 2 aliphatic rings. The minimum atomic E-state index is -3.50. The molecule has 3 heterocycles. The largest absolute Gasteiger partial charge is 0.296 e. The topological polar surface area (TPSA) is 40.6 Å². The second-order valence-electron chi connectivity index (χ2n) is 8.26. The van der Waals surface area contributed by atoms with Gasteiger partial charge in [0.15, 0.2) is 0 Å². The van der Waals surface area contributed by atoms with Crippen LogP contribution in [0, 0.1) is 0 Å². The van der Waals surface area contributed by atoms with E-state index in [2.05, 4.69) is 16.3 Å². The molecule has 1 saturated heterocycles. The average molecular weight is 473 g/mol. The normalized spacial score (nSPS) is 18.7. The summed E-state index contributed by atoms with van der Waals surface area (Å²) in [5.74, 6) is 0. The SMILES string of the molecule is O=S(=O)(c1cccc(-c2ccc(Cl)cc2)c1)N1CCC(N2CCc3sccc3C2)CC1. The van der Waals surface area contributed by atoms with Gasteiger partial charge in [0.2, 0.25) is 10.0 Å². The molecule has 162 valence electrons. The summed E-state index contributed by atoms with van der Waals surface area (Å²) in [4.78, 5) is 4.41. The summed E-state index contributed by atoms with van der Waals surface area (Å²) in [5, 5.41) is 2.85. The van der Waals surface area contributed by atoms with Crippen LogP contribution in [0.2, 0.25) is 5.02 Å². The van der Waals surface area contributed by atoms with Gasteiger partial charge in [0.05, 0.1) is 4.90 Å². The van der Waals surface area contributed by atoms with Crippen LogP contribution in [0.4, 0.5) is 0 Å². The van der Waals surface area contributed by atoms with Crippen LogP contribution in [0.3, 0.4) is 0 Å². The van der Waals surface area contributed by atoms with Crippen LogP contribution in [0.1, 0.15) is 23.3 Å². The number of benzene rings is 2. The molecule has 0 bridgehead atoms. The van der Waals surface area contributed by atoms with Gasteiger partial charge in [0.25, 0.3) is 0 Å². The molecule has 7 heteroatoms. The number of rotatable bonds is 4. The number of sulfonamides is 1. The third-order valence-corrected chi connectivity index (χ3v) is 9.60. The van der Waals surface area contributed by atoms with Gasteiger partial charge >= 0.3 is 0 Å². The quantitative estimate of drug-likeness (QED) is 0.518. The van der Waals surface area contributed by atoms with Gasteiger partial charge in [-0.3, -0.25) is 4.90 Å². The van der Waals surface area contributed by atoms with E-state index in [0.717, 1.165) is 43.5 Å². The maximum atomic E-state index is 13.3. The van der Waals surface area contributed by atoms with Crippen LogP contribution in [-0.4, -0.2) is 43.3 Å². The Morgan fingerprint density at radius 2 is 1.71 bits per heavy atom. The maximum absolute atomic E-state index is 13.3. The van der Waals surface area contributed by atoms with Crippen LogP contribution in [0.25, 0.3) is 11.1 Å². The van der Waals surface area contributed by atoms with Crippen molar-refractivity contribution >= 4 is 33.0 Å². The van der Waals surface area contributed by atoms with E-state index in [-0.39, 0.29) is 0 Å². The molecule has 5 rings (SSSR count). The summed E-state index contributed by atoms with van der Waals surface area (Å²) in [6.07, 6.45) is 2.88. The van der Waals surface area contributed by atoms with Crippen molar-refractivity contribution in [3.05, 3.63) is 75.4 Å². The highest BCUT2D eigenvalue weighted by molar-refractivity contribution is 7.89. The second-order valence-corrected chi connectivity index (χ2v) is 11.6. The van der Waals surface area contributed by atoms with E-state index in [1.54, 1.807) is 16.4 Å². The molecule has 0 amide bonds. The van der Waals surface area contributed by atoms with Crippen molar-refractivity contribution in [3.63, 3.8) is 0 Å². The van der Waals surface area contributed by atoms with Crippen LogP contribution in [0.15, 0.2) is 64.9 Å². The van der Waals surface area contributed by atoms with E-state index in [0.29, 0.717) is 29.0 Å². The molecular formula is C24H25ClN2O2S2. The van der Waals surface area contributed by atoms with E-state index >= 15 is 0 Å². The molecule has 0 N–H and O–H groups in total. The fourth-order valence-corrected chi connectivity index (χ4v) is 7.19. The Hall–Kier alpha value is -1.70. The third-order valence-electron chi connectivity index (χ3n) is 6.43. The highest BCUT2D eigenvalue weighted by Crippen LogP contribution is 2.30. The lowest BCUT2D eigenvalue weighted by atomic mass is 10.0. The zero-order valence-electron chi connectivity index (χ0n) is 17.2. The number of fused-ring (bicyclic) bond motifs is 1. The van der Waals surface area contributed by atoms with E-state index < -0.39 is 10.0 Å². The second kappa shape index (κ2) is 8.68. The van der Waals surface area contributed by atoms with Crippen molar-refractivity contribution in [2.75, 3.05) is 19.6 Å². The zero-order chi connectivity index (χ0) is 21.4. The van der Waals surface area contributed by atoms with E-state index in [1.165, 1.54) is 10.4 Å². The predicted octanol–water partition coefficient (Wildman–Crippen LogP) is 5.28. The Kier molecular flexibility index (Phi) is 5.92. The molecule has 2 aliphatic heterocycles. The van der Waals surface area contributed by atoms with Gasteiger partial charge < -0.3 is 0 Å². The standard InChI is InChI=1S/C24H25ClN2O2S2/c25-21-6-4-18(5-7-21)19-2-1-3-23(16-19)31(28,29)27-13-8-22(9-14-27)26-12-10-24-20(17-26)11-15-30-24/h1-7,11,15-16,22H,8-10,12-14,17H2. The maximum Gasteiger partial charge on any atom is 0.243 e. The van der Waals surface area contributed by atoms with Crippen molar-refractivity contribution < 1.29 is 8.42 Å². The summed E-state index contributed by atoms with van der Waals surface area (Å²) in [6, 6.07) is 17.4. The number of thiophene rings is 1. The first-order valence-electron chi connectivity index (χ1n) is 10.7. The van der Waals surface area contributed by atoms with Gasteiger partial charge in [-0.15, -0.1) is 11.3 Å². The number of hydrogen-bond donors (Lipinski definition) is 0. The first-order chi connectivity index (χ1) is 15.0. The van der Waals surface area contributed by atoms with Crippen molar-refractivity contribution in [2.24, 2.45) is 0 Å². The third kappa shape index (κ3) is 4.32. The van der Waals surface area contributed by atoms with Crippen LogP contribution in [-0.2, 0) is 23.0 Å². The van der Waals surface area contributed by atoms with Crippen LogP contribution >= 0.6 is 22.9 Å². The monoisotopic (exact) mass is 472 g/mol. The Morgan fingerprint density at radius 1 is 0.935 bits per heavy atom. The fourth-order valence-electron chi connectivity index (χ4n) is 4.66. The van der Waals surface area contributed by atoms with Gasteiger partial charge in [0.1, 0.15) is 0 Å². The van der Waals surface area contributed by atoms with E-state index in [4.69, 9.17) is 11.6 Å². The Bertz CT molecular complexity index is 1170. The molecule has 0 aliphatic carbocycles. The van der Waals surface area contributed by atoms with Crippen molar-refractivity contribution in [1.82, 2.24) is 9.21 Å². The summed E-state index contributed by atoms with van der Waals surface area (Å²) >= 11 is 7.84. The molecule has 0 atom stereocenters. The Labute approximate surface area is 193 Å². The summed E-state index contributed by atoms with van der Waals surface area (Å²) in [5.41, 5.74) is 3.29. The molecule has 2 aromatic carbocycles. The zero-order valence-corrected chi connectivity index (χ0v) is 19.6. The predicted molar refractivity (Wildman–Crippen MR) is 127 cm³/mol. The van der Waals surface area contributed by atoms with E-state index in [9.17, 15) is 8.42 Å². The van der Waals surface area contributed by atoms with E-state index in [1.807, 2.05) is 47.7 Å². The summed E-state index contributed by atoms with van der Waals surface area (Å²) in [7, 11) is -3.50. The summed E-state index contributed by atoms with van der Waals surface area (Å²) < 4.78 is 28.3. The summed E-state index contributed by atoms with van der Waals surface area (Å²) in [6.45, 7) is 3.23. The van der Waals surface area contributed by atoms with Gasteiger partial charge in [-0.2, -0.15) is 4.31 Å². The Balaban J connectivity index is 1.28. The van der Waals surface area contributed by atoms with Crippen molar-refractivity contribution in [1.29, 1.82) is 0 Å². The highest BCUT2D eigenvalue weighted by Gasteiger charge is 2.33. The van der Waals surface area contributed by atoms with Crippen LogP contribution < -0.4 is 0 Å². The molecular weight excluding hydrogens is 448 g/mol. The highest BCUT2D eigenvalue weighted by atomic mass is 35.5. The molecule has 0 saturated carbocycles. The first kappa shape index (κ1) is 21.2. The molecule has 1 fully saturated rings. The number of halogens is 1. The minimum Gasteiger partial charge on any atom is -0.296 e. The van der Waals surface area contributed by atoms with Gasteiger partial charge in [0, 0.05) is 42.1 Å². The molecule has 3 aromatic rings. The molecule has 1 aromatic heterocycles. The molecule has 0 unspecified atom stereocenters. The lowest BCUT2D eigenvalue weighted by Gasteiger charge is -2.39. The van der Waals surface area contributed by atoms with Crippen LogP contribution in [0.5, 0.6) is 0 Å². The number of piperidine rings is 1. The van der Waals surface area contributed by atoms with Gasteiger partial charge in [-0.25, -0.2) is 8.42 Å². The van der Waals surface area contributed by atoms with Crippen molar-refractivity contribution in [3.8, 4) is 11.1 Å². The lowest BCUT2D eigenvalue weighted by molar-refractivity contribution is 0.127.